The van der Waals surface area contributed by atoms with Crippen molar-refractivity contribution in [1.82, 2.24) is 9.88 Å². The molecule has 0 spiro atoms. The number of pyridine rings is 1. The van der Waals surface area contributed by atoms with Crippen LogP contribution < -0.4 is 0 Å². The van der Waals surface area contributed by atoms with E-state index >= 15 is 0 Å². The number of fused-ring (bicyclic) bond motifs is 1. The highest BCUT2D eigenvalue weighted by atomic mass is 16.3. The van der Waals surface area contributed by atoms with Gasteiger partial charge in [-0.3, -0.25) is 19.5 Å². The molecule has 5 nitrogen and oxygen atoms in total. The summed E-state index contributed by atoms with van der Waals surface area (Å²) in [5, 5.41) is 10.7. The average molecular weight is 288 g/mol. The van der Waals surface area contributed by atoms with Crippen LogP contribution in [0.25, 0.3) is 0 Å². The Bertz CT molecular complexity index is 542. The molecule has 112 valence electrons. The van der Waals surface area contributed by atoms with Gasteiger partial charge in [-0.25, -0.2) is 0 Å². The molecule has 1 saturated carbocycles. The molecular formula is C16H20N2O3. The van der Waals surface area contributed by atoms with Crippen molar-refractivity contribution in [3.05, 3.63) is 29.6 Å². The number of hydrogen-bond acceptors (Lipinski definition) is 4. The Balaban J connectivity index is 1.75. The minimum atomic E-state index is -0.945. The number of rotatable bonds is 3. The van der Waals surface area contributed by atoms with Crippen molar-refractivity contribution in [3.63, 3.8) is 0 Å². The molecule has 0 atom stereocenters. The maximum Gasteiger partial charge on any atom is 0.280 e. The Hall–Kier alpha value is -1.75. The van der Waals surface area contributed by atoms with Gasteiger partial charge in [-0.2, -0.15) is 0 Å². The first-order valence-corrected chi connectivity index (χ1v) is 7.57. The number of carbonyl (C=O) groups is 2. The number of amides is 2. The van der Waals surface area contributed by atoms with Gasteiger partial charge in [0.05, 0.1) is 17.7 Å². The summed E-state index contributed by atoms with van der Waals surface area (Å²) < 4.78 is 0. The van der Waals surface area contributed by atoms with Crippen LogP contribution in [0.4, 0.5) is 0 Å². The molecule has 0 unspecified atom stereocenters. The van der Waals surface area contributed by atoms with Crippen LogP contribution in [0, 0.1) is 5.92 Å². The lowest BCUT2D eigenvalue weighted by atomic mass is 9.77. The summed E-state index contributed by atoms with van der Waals surface area (Å²) >= 11 is 0. The van der Waals surface area contributed by atoms with E-state index in [1.807, 2.05) is 0 Å². The lowest BCUT2D eigenvalue weighted by molar-refractivity contribution is -0.0281. The Labute approximate surface area is 124 Å². The molecule has 21 heavy (non-hydrogen) atoms. The van der Waals surface area contributed by atoms with E-state index in [0.717, 1.165) is 24.2 Å². The number of imide groups is 1. The van der Waals surface area contributed by atoms with Gasteiger partial charge in [0.1, 0.15) is 5.69 Å². The van der Waals surface area contributed by atoms with Crippen LogP contribution in [0.15, 0.2) is 18.3 Å². The molecule has 2 amide bonds. The van der Waals surface area contributed by atoms with Crippen molar-refractivity contribution in [3.8, 4) is 0 Å². The molecule has 5 heteroatoms. The van der Waals surface area contributed by atoms with Gasteiger partial charge in [0.25, 0.3) is 11.8 Å². The van der Waals surface area contributed by atoms with Crippen LogP contribution in [0.2, 0.25) is 0 Å². The van der Waals surface area contributed by atoms with Gasteiger partial charge >= 0.3 is 0 Å². The van der Waals surface area contributed by atoms with Crippen molar-refractivity contribution < 1.29 is 14.7 Å². The van der Waals surface area contributed by atoms with Crippen molar-refractivity contribution in [2.75, 3.05) is 6.54 Å². The zero-order chi connectivity index (χ0) is 15.0. The third-order valence-corrected chi connectivity index (χ3v) is 4.80. The first-order chi connectivity index (χ1) is 10.0. The number of aromatic nitrogens is 1. The van der Waals surface area contributed by atoms with E-state index in [1.54, 1.807) is 12.1 Å². The van der Waals surface area contributed by atoms with Gasteiger partial charge in [0.15, 0.2) is 0 Å². The quantitative estimate of drug-likeness (QED) is 0.864. The first kappa shape index (κ1) is 14.2. The van der Waals surface area contributed by atoms with Gasteiger partial charge in [-0.05, 0) is 43.7 Å². The van der Waals surface area contributed by atoms with Crippen molar-refractivity contribution in [2.24, 2.45) is 5.92 Å². The van der Waals surface area contributed by atoms with Crippen LogP contribution in [0.1, 0.15) is 59.9 Å². The van der Waals surface area contributed by atoms with Crippen LogP contribution in [0.3, 0.4) is 0 Å². The number of aliphatic hydroxyl groups is 1. The van der Waals surface area contributed by atoms with E-state index in [-0.39, 0.29) is 24.1 Å². The van der Waals surface area contributed by atoms with Crippen molar-refractivity contribution >= 4 is 11.8 Å². The van der Waals surface area contributed by atoms with E-state index in [4.69, 9.17) is 0 Å². The summed E-state index contributed by atoms with van der Waals surface area (Å²) in [6.07, 6.45) is 5.82. The summed E-state index contributed by atoms with van der Waals surface area (Å²) in [4.78, 5) is 29.7. The lowest BCUT2D eigenvalue weighted by Crippen LogP contribution is -2.47. The molecule has 0 radical (unpaired) electrons. The summed E-state index contributed by atoms with van der Waals surface area (Å²) in [6, 6.07) is 3.26. The highest BCUT2D eigenvalue weighted by Gasteiger charge is 2.42. The topological polar surface area (TPSA) is 70.5 Å². The monoisotopic (exact) mass is 288 g/mol. The molecular weight excluding hydrogens is 268 g/mol. The SMILES string of the molecule is CCC1CCC(O)(CN2C(=O)c3cccnc3C2=O)CC1. The normalized spacial score (nSPS) is 28.9. The van der Waals surface area contributed by atoms with Crippen molar-refractivity contribution in [2.45, 2.75) is 44.6 Å². The fourth-order valence-corrected chi connectivity index (χ4v) is 3.33. The molecule has 0 bridgehead atoms. The molecule has 1 fully saturated rings. The number of nitrogens with zero attached hydrogens (tertiary/aromatic N) is 2. The molecule has 1 aliphatic heterocycles. The van der Waals surface area contributed by atoms with Crippen LogP contribution >= 0.6 is 0 Å². The first-order valence-electron chi connectivity index (χ1n) is 7.57. The third-order valence-electron chi connectivity index (χ3n) is 4.80. The Morgan fingerprint density at radius 2 is 2.05 bits per heavy atom. The second kappa shape index (κ2) is 5.22. The fourth-order valence-electron chi connectivity index (χ4n) is 3.33. The second-order valence-corrected chi connectivity index (χ2v) is 6.17. The number of hydrogen-bond donors (Lipinski definition) is 1. The minimum absolute atomic E-state index is 0.0808. The average Bonchev–Trinajstić information content (AvgIpc) is 2.74. The highest BCUT2D eigenvalue weighted by molar-refractivity contribution is 6.20. The molecule has 0 aromatic carbocycles. The van der Waals surface area contributed by atoms with E-state index in [9.17, 15) is 14.7 Å². The maximum atomic E-state index is 12.3. The summed E-state index contributed by atoms with van der Waals surface area (Å²) in [5.74, 6) is -0.0788. The Morgan fingerprint density at radius 3 is 2.67 bits per heavy atom. The summed E-state index contributed by atoms with van der Waals surface area (Å²) in [5.41, 5.74) is -0.402. The van der Waals surface area contributed by atoms with Crippen LogP contribution in [0.5, 0.6) is 0 Å². The zero-order valence-electron chi connectivity index (χ0n) is 12.2. The molecule has 3 rings (SSSR count). The predicted molar refractivity (Wildman–Crippen MR) is 76.8 cm³/mol. The summed E-state index contributed by atoms with van der Waals surface area (Å²) in [6.45, 7) is 2.24. The molecule has 0 saturated heterocycles. The zero-order valence-corrected chi connectivity index (χ0v) is 12.2. The van der Waals surface area contributed by atoms with Gasteiger partial charge in [0.2, 0.25) is 0 Å². The van der Waals surface area contributed by atoms with E-state index < -0.39 is 5.60 Å². The standard InChI is InChI=1S/C16H20N2O3/c1-2-11-5-7-16(21,8-6-11)10-18-14(19)12-4-3-9-17-13(12)15(18)20/h3-4,9,11,21H,2,5-8,10H2,1H3. The number of carbonyl (C=O) groups excluding carboxylic acids is 2. The smallest absolute Gasteiger partial charge is 0.280 e. The molecule has 2 heterocycles. The maximum absolute atomic E-state index is 12.3. The van der Waals surface area contributed by atoms with Crippen LogP contribution in [-0.2, 0) is 0 Å². The van der Waals surface area contributed by atoms with Gasteiger partial charge in [-0.1, -0.05) is 13.3 Å². The van der Waals surface area contributed by atoms with E-state index in [2.05, 4.69) is 11.9 Å². The van der Waals surface area contributed by atoms with Crippen LogP contribution in [-0.4, -0.2) is 39.0 Å². The van der Waals surface area contributed by atoms with E-state index in [1.165, 1.54) is 6.20 Å². The van der Waals surface area contributed by atoms with Gasteiger partial charge in [0, 0.05) is 6.20 Å². The predicted octanol–water partition coefficient (Wildman–Crippen LogP) is 2.01. The molecule has 1 aromatic rings. The summed E-state index contributed by atoms with van der Waals surface area (Å²) in [7, 11) is 0. The van der Waals surface area contributed by atoms with Crippen molar-refractivity contribution in [1.29, 1.82) is 0 Å². The molecule has 1 N–H and O–H groups in total. The van der Waals surface area contributed by atoms with E-state index in [0.29, 0.717) is 24.3 Å². The molecule has 2 aliphatic rings. The lowest BCUT2D eigenvalue weighted by Gasteiger charge is -2.37. The minimum Gasteiger partial charge on any atom is -0.388 e. The Morgan fingerprint density at radius 1 is 1.33 bits per heavy atom. The number of β-amino-alcohol motifs (C(OH)–C–C–N with tert-alkyl or cyclic N) is 1. The molecule has 1 aromatic heterocycles. The third kappa shape index (κ3) is 2.46. The molecule has 1 aliphatic carbocycles. The Kier molecular flexibility index (Phi) is 3.53. The largest absolute Gasteiger partial charge is 0.388 e. The highest BCUT2D eigenvalue weighted by Crippen LogP contribution is 2.35. The van der Waals surface area contributed by atoms with Gasteiger partial charge in [-0.15, -0.1) is 0 Å². The van der Waals surface area contributed by atoms with Gasteiger partial charge < -0.3 is 5.11 Å². The second-order valence-electron chi connectivity index (χ2n) is 6.17. The fraction of sp³-hybridized carbons (Fsp3) is 0.562.